The van der Waals surface area contributed by atoms with Crippen LogP contribution < -0.4 is 0 Å². The van der Waals surface area contributed by atoms with E-state index in [1.165, 1.54) is 18.4 Å². The Balaban J connectivity index is 1.39. The zero-order valence-electron chi connectivity index (χ0n) is 15.4. The van der Waals surface area contributed by atoms with Gasteiger partial charge in [-0.25, -0.2) is 9.37 Å². The number of nitrogens with zero attached hydrogens (tertiary/aromatic N) is 2. The van der Waals surface area contributed by atoms with Crippen molar-refractivity contribution in [3.63, 3.8) is 0 Å². The maximum Gasteiger partial charge on any atom is 0.126 e. The lowest BCUT2D eigenvalue weighted by Gasteiger charge is -2.33. The first-order chi connectivity index (χ1) is 13.2. The summed E-state index contributed by atoms with van der Waals surface area (Å²) >= 11 is 0. The molecule has 2 fully saturated rings. The van der Waals surface area contributed by atoms with Crippen molar-refractivity contribution in [2.45, 2.75) is 56.5 Å². The molecule has 27 heavy (non-hydrogen) atoms. The zero-order valence-corrected chi connectivity index (χ0v) is 15.4. The number of halogens is 1. The molecule has 2 aliphatic rings. The van der Waals surface area contributed by atoms with Crippen molar-refractivity contribution in [3.05, 3.63) is 71.6 Å². The van der Waals surface area contributed by atoms with E-state index in [9.17, 15) is 9.50 Å². The van der Waals surface area contributed by atoms with E-state index < -0.39 is 6.10 Å². The van der Waals surface area contributed by atoms with E-state index in [1.807, 2.05) is 22.7 Å². The van der Waals surface area contributed by atoms with Crippen LogP contribution in [0.25, 0.3) is 5.52 Å². The predicted octanol–water partition coefficient (Wildman–Crippen LogP) is 5.36. The summed E-state index contributed by atoms with van der Waals surface area (Å²) < 4.78 is 16.1. The Morgan fingerprint density at radius 3 is 2.41 bits per heavy atom. The molecule has 0 spiro atoms. The third kappa shape index (κ3) is 3.06. The number of aromatic nitrogens is 2. The third-order valence-electron chi connectivity index (χ3n) is 6.54. The van der Waals surface area contributed by atoms with Crippen LogP contribution in [0.2, 0.25) is 0 Å². The van der Waals surface area contributed by atoms with Gasteiger partial charge in [-0.2, -0.15) is 0 Å². The number of benzene rings is 1. The Morgan fingerprint density at radius 2 is 1.67 bits per heavy atom. The molecule has 2 saturated carbocycles. The van der Waals surface area contributed by atoms with E-state index in [0.717, 1.165) is 42.3 Å². The van der Waals surface area contributed by atoms with Gasteiger partial charge in [-0.3, -0.25) is 0 Å². The van der Waals surface area contributed by atoms with Crippen molar-refractivity contribution in [1.82, 2.24) is 9.38 Å². The summed E-state index contributed by atoms with van der Waals surface area (Å²) in [4.78, 5) is 4.28. The van der Waals surface area contributed by atoms with Gasteiger partial charge in [-0.1, -0.05) is 18.2 Å². The maximum atomic E-state index is 14.1. The second-order valence-electron chi connectivity index (χ2n) is 8.22. The fourth-order valence-electron chi connectivity index (χ4n) is 4.89. The highest BCUT2D eigenvalue weighted by Gasteiger charge is 2.34. The first-order valence-electron chi connectivity index (χ1n) is 10.1. The largest absolute Gasteiger partial charge is 0.388 e. The molecule has 3 aromatic rings. The molecule has 0 unspecified atom stereocenters. The summed E-state index contributed by atoms with van der Waals surface area (Å²) in [6, 6.07) is 9.30. The molecule has 0 radical (unpaired) electrons. The summed E-state index contributed by atoms with van der Waals surface area (Å²) in [7, 11) is 0. The van der Waals surface area contributed by atoms with Crippen molar-refractivity contribution < 1.29 is 9.50 Å². The van der Waals surface area contributed by atoms with Crippen molar-refractivity contribution in [2.75, 3.05) is 0 Å². The van der Waals surface area contributed by atoms with Crippen molar-refractivity contribution >= 4 is 5.52 Å². The average Bonchev–Trinajstić information content (AvgIpc) is 3.44. The summed E-state index contributed by atoms with van der Waals surface area (Å²) in [5, 5.41) is 11.3. The smallest absolute Gasteiger partial charge is 0.126 e. The average molecular weight is 364 g/mol. The first-order valence-corrected chi connectivity index (χ1v) is 10.1. The van der Waals surface area contributed by atoms with Crippen molar-refractivity contribution in [3.8, 4) is 0 Å². The minimum Gasteiger partial charge on any atom is -0.388 e. The standard InChI is InChI=1S/C23H25FN2O/c24-20-4-2-1-3-18(20)15-7-9-17(10-8-15)23(27)22-19(16-5-6-16)11-12-26-14-25-13-21(22)26/h1-4,11-17,23,27H,5-10H2/t15-,17-,23-/m1/s1. The minimum absolute atomic E-state index is 0.0958. The van der Waals surface area contributed by atoms with Gasteiger partial charge in [0.2, 0.25) is 0 Å². The third-order valence-corrected chi connectivity index (χ3v) is 6.54. The highest BCUT2D eigenvalue weighted by atomic mass is 19.1. The Kier molecular flexibility index (Phi) is 4.24. The topological polar surface area (TPSA) is 37.5 Å². The number of hydrogen-bond donors (Lipinski definition) is 1. The lowest BCUT2D eigenvalue weighted by molar-refractivity contribution is 0.0807. The minimum atomic E-state index is -0.470. The van der Waals surface area contributed by atoms with Gasteiger partial charge in [-0.05, 0) is 79.5 Å². The molecular weight excluding hydrogens is 339 g/mol. The van der Waals surface area contributed by atoms with Gasteiger partial charge in [0.25, 0.3) is 0 Å². The van der Waals surface area contributed by atoms with E-state index in [4.69, 9.17) is 0 Å². The second kappa shape index (κ2) is 6.75. The molecule has 0 amide bonds. The van der Waals surface area contributed by atoms with Crippen LogP contribution >= 0.6 is 0 Å². The number of aliphatic hydroxyl groups excluding tert-OH is 1. The van der Waals surface area contributed by atoms with E-state index in [0.29, 0.717) is 5.92 Å². The zero-order chi connectivity index (χ0) is 18.4. The van der Waals surface area contributed by atoms with Gasteiger partial charge in [0, 0.05) is 11.8 Å². The number of imidazole rings is 1. The van der Waals surface area contributed by atoms with Gasteiger partial charge in [-0.15, -0.1) is 0 Å². The molecule has 4 heteroatoms. The summed E-state index contributed by atoms with van der Waals surface area (Å²) in [6.07, 6.45) is 11.4. The monoisotopic (exact) mass is 364 g/mol. The predicted molar refractivity (Wildman–Crippen MR) is 103 cm³/mol. The number of rotatable bonds is 4. The second-order valence-corrected chi connectivity index (χ2v) is 8.22. The van der Waals surface area contributed by atoms with E-state index in [1.54, 1.807) is 18.5 Å². The van der Waals surface area contributed by atoms with Gasteiger partial charge in [0.1, 0.15) is 5.82 Å². The normalized spacial score (nSPS) is 24.2. The van der Waals surface area contributed by atoms with Crippen LogP contribution in [0.5, 0.6) is 0 Å². The quantitative estimate of drug-likeness (QED) is 0.677. The molecule has 3 nitrogen and oxygen atoms in total. The van der Waals surface area contributed by atoms with Crippen LogP contribution in [0.15, 0.2) is 49.1 Å². The number of pyridine rings is 1. The van der Waals surface area contributed by atoms with Crippen LogP contribution in [0, 0.1) is 11.7 Å². The number of fused-ring (bicyclic) bond motifs is 1. The Hall–Kier alpha value is -2.20. The molecule has 2 heterocycles. The molecule has 2 aromatic heterocycles. The Morgan fingerprint density at radius 1 is 0.963 bits per heavy atom. The highest BCUT2D eigenvalue weighted by Crippen LogP contribution is 2.48. The van der Waals surface area contributed by atoms with E-state index in [-0.39, 0.29) is 17.7 Å². The van der Waals surface area contributed by atoms with Crippen molar-refractivity contribution in [2.24, 2.45) is 5.92 Å². The van der Waals surface area contributed by atoms with Gasteiger partial charge < -0.3 is 9.51 Å². The lowest BCUT2D eigenvalue weighted by Crippen LogP contribution is -2.21. The SMILES string of the molecule is O[C@@H](c1c(C2CC2)ccn2cncc12)[C@H]1CC[C@H](c2ccccc2F)CC1. The van der Waals surface area contributed by atoms with Gasteiger partial charge in [0.05, 0.1) is 24.1 Å². The fourth-order valence-corrected chi connectivity index (χ4v) is 4.89. The Bertz CT molecular complexity index is 954. The van der Waals surface area contributed by atoms with E-state index in [2.05, 4.69) is 17.2 Å². The highest BCUT2D eigenvalue weighted by molar-refractivity contribution is 5.59. The van der Waals surface area contributed by atoms with Gasteiger partial charge >= 0.3 is 0 Å². The molecule has 5 rings (SSSR count). The van der Waals surface area contributed by atoms with Gasteiger partial charge in [0.15, 0.2) is 0 Å². The maximum absolute atomic E-state index is 14.1. The fraction of sp³-hybridized carbons (Fsp3) is 0.435. The van der Waals surface area contributed by atoms with Crippen molar-refractivity contribution in [1.29, 1.82) is 0 Å². The molecule has 2 aliphatic carbocycles. The molecule has 140 valence electrons. The van der Waals surface area contributed by atoms with Crippen LogP contribution in [0.4, 0.5) is 4.39 Å². The Labute approximate surface area is 158 Å². The number of aliphatic hydroxyl groups is 1. The van der Waals surface area contributed by atoms with Crippen LogP contribution in [0.3, 0.4) is 0 Å². The molecule has 0 saturated heterocycles. The molecular formula is C23H25FN2O. The summed E-state index contributed by atoms with van der Waals surface area (Å²) in [6.45, 7) is 0. The molecule has 0 bridgehead atoms. The molecule has 1 aromatic carbocycles. The molecule has 1 atom stereocenters. The van der Waals surface area contributed by atoms with Crippen LogP contribution in [-0.2, 0) is 0 Å². The molecule has 0 aliphatic heterocycles. The van der Waals surface area contributed by atoms with Crippen LogP contribution in [0.1, 0.15) is 73.2 Å². The lowest BCUT2D eigenvalue weighted by atomic mass is 9.74. The number of hydrogen-bond acceptors (Lipinski definition) is 2. The summed E-state index contributed by atoms with van der Waals surface area (Å²) in [5.41, 5.74) is 4.24. The first kappa shape index (κ1) is 16.9. The summed E-state index contributed by atoms with van der Waals surface area (Å²) in [5.74, 6) is 0.987. The van der Waals surface area contributed by atoms with E-state index >= 15 is 0 Å². The molecule has 1 N–H and O–H groups in total. The van der Waals surface area contributed by atoms with Crippen LogP contribution in [-0.4, -0.2) is 14.5 Å².